The maximum absolute atomic E-state index is 11.5. The molecule has 1 rings (SSSR count). The Morgan fingerprint density at radius 3 is 2.19 bits per heavy atom. The van der Waals surface area contributed by atoms with E-state index in [-0.39, 0.29) is 26.1 Å². The van der Waals surface area contributed by atoms with Crippen LogP contribution in [0.25, 0.3) is 0 Å². The molecule has 0 aliphatic rings. The van der Waals surface area contributed by atoms with Crippen LogP contribution in [0.4, 0.5) is 5.69 Å². The minimum atomic E-state index is -1.06. The lowest BCUT2D eigenvalue weighted by molar-refractivity contribution is -0.138. The van der Waals surface area contributed by atoms with Crippen LogP contribution >= 0.6 is 0 Å². The Kier molecular flexibility index (Phi) is 6.19. The first kappa shape index (κ1) is 16.5. The van der Waals surface area contributed by atoms with Crippen molar-refractivity contribution < 1.29 is 29.3 Å². The third kappa shape index (κ3) is 5.52. The van der Waals surface area contributed by atoms with Gasteiger partial charge in [-0.2, -0.15) is 0 Å². The summed E-state index contributed by atoms with van der Waals surface area (Å²) < 4.78 is 4.85. The molecule has 0 heterocycles. The molecule has 0 radical (unpaired) electrons. The Bertz CT molecular complexity index is 511. The van der Waals surface area contributed by atoms with Crippen molar-refractivity contribution >= 4 is 23.6 Å². The summed E-state index contributed by atoms with van der Waals surface area (Å²) >= 11 is 0. The van der Waals surface area contributed by atoms with E-state index in [1.807, 2.05) is 0 Å². The SMILES string of the molecule is CCOC(=O)c1ccc(N(CCC(=O)O)CC(=O)O)cc1. The summed E-state index contributed by atoms with van der Waals surface area (Å²) in [7, 11) is 0. The predicted molar refractivity (Wildman–Crippen MR) is 74.5 cm³/mol. The van der Waals surface area contributed by atoms with Crippen LogP contribution in [0.3, 0.4) is 0 Å². The zero-order valence-electron chi connectivity index (χ0n) is 11.6. The number of carbonyl (C=O) groups is 3. The number of ether oxygens (including phenoxy) is 1. The van der Waals surface area contributed by atoms with Crippen molar-refractivity contribution in [2.24, 2.45) is 0 Å². The maximum atomic E-state index is 11.5. The highest BCUT2D eigenvalue weighted by Gasteiger charge is 2.13. The van der Waals surface area contributed by atoms with Crippen molar-refractivity contribution in [3.63, 3.8) is 0 Å². The fourth-order valence-electron chi connectivity index (χ4n) is 1.72. The zero-order chi connectivity index (χ0) is 15.8. The van der Waals surface area contributed by atoms with Crippen molar-refractivity contribution in [2.75, 3.05) is 24.6 Å². The summed E-state index contributed by atoms with van der Waals surface area (Å²) in [5.74, 6) is -2.53. The lowest BCUT2D eigenvalue weighted by Crippen LogP contribution is -2.31. The predicted octanol–water partition coefficient (Wildman–Crippen LogP) is 1.23. The number of nitrogens with zero attached hydrogens (tertiary/aromatic N) is 1. The molecule has 1 aromatic carbocycles. The summed E-state index contributed by atoms with van der Waals surface area (Å²) in [4.78, 5) is 34.4. The minimum absolute atomic E-state index is 0.0698. The number of rotatable bonds is 8. The summed E-state index contributed by atoms with van der Waals surface area (Å²) in [6.45, 7) is 1.73. The molecule has 0 aromatic heterocycles. The summed E-state index contributed by atoms with van der Waals surface area (Å²) in [6.07, 6.45) is -0.174. The molecule has 0 spiro atoms. The fraction of sp³-hybridized carbons (Fsp3) is 0.357. The molecule has 0 amide bonds. The molecule has 0 saturated heterocycles. The van der Waals surface area contributed by atoms with Crippen LogP contribution in [0.2, 0.25) is 0 Å². The Balaban J connectivity index is 2.84. The number of aliphatic carboxylic acids is 2. The molecule has 0 aliphatic heterocycles. The number of carbonyl (C=O) groups excluding carboxylic acids is 1. The van der Waals surface area contributed by atoms with Gasteiger partial charge in [-0.3, -0.25) is 9.59 Å². The lowest BCUT2D eigenvalue weighted by Gasteiger charge is -2.22. The first-order chi connectivity index (χ1) is 9.93. The molecule has 21 heavy (non-hydrogen) atoms. The summed E-state index contributed by atoms with van der Waals surface area (Å²) in [6, 6.07) is 6.17. The van der Waals surface area contributed by atoms with Crippen LogP contribution in [0, 0.1) is 0 Å². The molecule has 0 atom stereocenters. The van der Waals surface area contributed by atoms with E-state index >= 15 is 0 Å². The van der Waals surface area contributed by atoms with E-state index in [1.54, 1.807) is 19.1 Å². The number of anilines is 1. The zero-order valence-corrected chi connectivity index (χ0v) is 11.6. The van der Waals surface area contributed by atoms with E-state index in [4.69, 9.17) is 14.9 Å². The first-order valence-electron chi connectivity index (χ1n) is 6.39. The molecule has 1 aromatic rings. The second-order valence-corrected chi connectivity index (χ2v) is 4.23. The van der Waals surface area contributed by atoms with Gasteiger partial charge in [-0.25, -0.2) is 4.79 Å². The van der Waals surface area contributed by atoms with Gasteiger partial charge in [-0.1, -0.05) is 0 Å². The third-order valence-corrected chi connectivity index (χ3v) is 2.67. The van der Waals surface area contributed by atoms with Gasteiger partial charge in [0.25, 0.3) is 0 Å². The lowest BCUT2D eigenvalue weighted by atomic mass is 10.2. The van der Waals surface area contributed by atoms with Gasteiger partial charge in [0.15, 0.2) is 0 Å². The average Bonchev–Trinajstić information content (AvgIpc) is 2.43. The van der Waals surface area contributed by atoms with Crippen LogP contribution in [-0.4, -0.2) is 47.8 Å². The highest BCUT2D eigenvalue weighted by Crippen LogP contribution is 2.16. The van der Waals surface area contributed by atoms with Gasteiger partial charge in [0, 0.05) is 12.2 Å². The average molecular weight is 295 g/mol. The van der Waals surface area contributed by atoms with E-state index in [1.165, 1.54) is 17.0 Å². The first-order valence-corrected chi connectivity index (χ1v) is 6.39. The van der Waals surface area contributed by atoms with E-state index < -0.39 is 17.9 Å². The molecule has 0 bridgehead atoms. The van der Waals surface area contributed by atoms with Gasteiger partial charge >= 0.3 is 17.9 Å². The van der Waals surface area contributed by atoms with Crippen LogP contribution in [0.15, 0.2) is 24.3 Å². The van der Waals surface area contributed by atoms with Gasteiger partial charge < -0.3 is 19.8 Å². The number of carboxylic acids is 2. The quantitative estimate of drug-likeness (QED) is 0.695. The Morgan fingerprint density at radius 1 is 1.10 bits per heavy atom. The highest BCUT2D eigenvalue weighted by molar-refractivity contribution is 5.90. The van der Waals surface area contributed by atoms with E-state index in [0.29, 0.717) is 11.3 Å². The highest BCUT2D eigenvalue weighted by atomic mass is 16.5. The van der Waals surface area contributed by atoms with E-state index in [0.717, 1.165) is 0 Å². The Labute approximate surface area is 121 Å². The number of hydrogen-bond acceptors (Lipinski definition) is 5. The molecule has 0 unspecified atom stereocenters. The molecule has 2 N–H and O–H groups in total. The van der Waals surface area contributed by atoms with Crippen LogP contribution in [0.1, 0.15) is 23.7 Å². The largest absolute Gasteiger partial charge is 0.481 e. The van der Waals surface area contributed by atoms with Crippen molar-refractivity contribution in [1.29, 1.82) is 0 Å². The smallest absolute Gasteiger partial charge is 0.338 e. The monoisotopic (exact) mass is 295 g/mol. The second-order valence-electron chi connectivity index (χ2n) is 4.23. The standard InChI is InChI=1S/C14H17NO6/c1-2-21-14(20)10-3-5-11(6-4-10)15(9-13(18)19)8-7-12(16)17/h3-6H,2,7-9H2,1H3,(H,16,17)(H,18,19). The second kappa shape index (κ2) is 7.88. The van der Waals surface area contributed by atoms with Crippen LogP contribution < -0.4 is 4.90 Å². The fourth-order valence-corrected chi connectivity index (χ4v) is 1.72. The molecule has 7 nitrogen and oxygen atoms in total. The van der Waals surface area contributed by atoms with Crippen LogP contribution in [0.5, 0.6) is 0 Å². The number of carboxylic acid groups (broad SMARTS) is 2. The van der Waals surface area contributed by atoms with Gasteiger partial charge in [-0.15, -0.1) is 0 Å². The minimum Gasteiger partial charge on any atom is -0.481 e. The molecular weight excluding hydrogens is 278 g/mol. The van der Waals surface area contributed by atoms with Gasteiger partial charge in [0.05, 0.1) is 18.6 Å². The Morgan fingerprint density at radius 2 is 1.71 bits per heavy atom. The normalized spacial score (nSPS) is 9.95. The number of benzene rings is 1. The van der Waals surface area contributed by atoms with Gasteiger partial charge in [-0.05, 0) is 31.2 Å². The van der Waals surface area contributed by atoms with Gasteiger partial charge in [0.1, 0.15) is 6.54 Å². The van der Waals surface area contributed by atoms with E-state index in [9.17, 15) is 14.4 Å². The summed E-state index contributed by atoms with van der Waals surface area (Å²) in [5, 5.41) is 17.5. The molecular formula is C14H17NO6. The molecule has 0 fully saturated rings. The maximum Gasteiger partial charge on any atom is 0.338 e. The molecule has 7 heteroatoms. The van der Waals surface area contributed by atoms with Crippen LogP contribution in [-0.2, 0) is 14.3 Å². The van der Waals surface area contributed by atoms with Crippen molar-refractivity contribution in [3.8, 4) is 0 Å². The number of esters is 1. The van der Waals surface area contributed by atoms with Crippen molar-refractivity contribution in [3.05, 3.63) is 29.8 Å². The molecule has 0 aliphatic carbocycles. The Hall–Kier alpha value is -2.57. The topological polar surface area (TPSA) is 104 Å². The van der Waals surface area contributed by atoms with E-state index in [2.05, 4.69) is 0 Å². The van der Waals surface area contributed by atoms with Crippen molar-refractivity contribution in [1.82, 2.24) is 0 Å². The molecule has 0 saturated carbocycles. The van der Waals surface area contributed by atoms with Crippen molar-refractivity contribution in [2.45, 2.75) is 13.3 Å². The third-order valence-electron chi connectivity index (χ3n) is 2.67. The van der Waals surface area contributed by atoms with Gasteiger partial charge in [0.2, 0.25) is 0 Å². The molecule has 114 valence electrons. The summed E-state index contributed by atoms with van der Waals surface area (Å²) in [5.41, 5.74) is 0.890. The number of hydrogen-bond donors (Lipinski definition) is 2.